The fourth-order valence-electron chi connectivity index (χ4n) is 4.45. The topological polar surface area (TPSA) is 51.9 Å². The van der Waals surface area contributed by atoms with Crippen molar-refractivity contribution in [3.8, 4) is 22.6 Å². The average molecular weight is 462 g/mol. The number of halogens is 1. The van der Waals surface area contributed by atoms with Gasteiger partial charge < -0.3 is 13.9 Å². The molecule has 0 fully saturated rings. The lowest BCUT2D eigenvalue weighted by Gasteiger charge is -2.29. The fraction of sp³-hybridized carbons (Fsp3) is 0.222. The number of benzene rings is 3. The summed E-state index contributed by atoms with van der Waals surface area (Å²) in [6, 6.07) is 19.2. The molecule has 4 aromatic rings. The van der Waals surface area contributed by atoms with E-state index in [0.717, 1.165) is 52.1 Å². The van der Waals surface area contributed by atoms with Crippen molar-refractivity contribution in [1.82, 2.24) is 4.90 Å². The molecule has 0 radical (unpaired) electrons. The third-order valence-corrected chi connectivity index (χ3v) is 6.45. The molecule has 1 aliphatic heterocycles. The van der Waals surface area contributed by atoms with E-state index in [9.17, 15) is 4.79 Å². The highest BCUT2D eigenvalue weighted by molar-refractivity contribution is 6.30. The molecule has 0 unspecified atom stereocenters. The van der Waals surface area contributed by atoms with E-state index in [2.05, 4.69) is 11.0 Å². The lowest BCUT2D eigenvalue weighted by molar-refractivity contribution is 0.0966. The molecule has 1 aromatic heterocycles. The first kappa shape index (κ1) is 21.6. The monoisotopic (exact) mass is 461 g/mol. The summed E-state index contributed by atoms with van der Waals surface area (Å²) in [7, 11) is 1.69. The molecule has 5 nitrogen and oxygen atoms in total. The molecule has 0 spiro atoms. The molecule has 1 aliphatic rings. The minimum atomic E-state index is -0.359. The second-order valence-electron chi connectivity index (χ2n) is 8.20. The Kier molecular flexibility index (Phi) is 5.83. The Bertz CT molecular complexity index is 1380. The summed E-state index contributed by atoms with van der Waals surface area (Å²) in [6.07, 6.45) is 0.831. The predicted octanol–water partition coefficient (Wildman–Crippen LogP) is 5.83. The van der Waals surface area contributed by atoms with E-state index in [-0.39, 0.29) is 5.63 Å². The zero-order chi connectivity index (χ0) is 22.9. The largest absolute Gasteiger partial charge is 0.496 e. The number of ether oxygens (including phenoxy) is 2. The second kappa shape index (κ2) is 8.93. The Morgan fingerprint density at radius 3 is 2.64 bits per heavy atom. The Labute approximate surface area is 197 Å². The number of fused-ring (bicyclic) bond motifs is 3. The van der Waals surface area contributed by atoms with Crippen molar-refractivity contribution < 1.29 is 13.9 Å². The van der Waals surface area contributed by atoms with E-state index in [0.29, 0.717) is 29.4 Å². The Balaban J connectivity index is 1.47. The maximum atomic E-state index is 13.0. The van der Waals surface area contributed by atoms with Crippen LogP contribution in [0, 0.1) is 6.92 Å². The minimum Gasteiger partial charge on any atom is -0.496 e. The highest BCUT2D eigenvalue weighted by Crippen LogP contribution is 2.35. The first-order valence-electron chi connectivity index (χ1n) is 10.9. The van der Waals surface area contributed by atoms with Crippen LogP contribution >= 0.6 is 11.6 Å². The van der Waals surface area contributed by atoms with Gasteiger partial charge in [0.15, 0.2) is 0 Å². The normalized spacial score (nSPS) is 13.5. The van der Waals surface area contributed by atoms with Gasteiger partial charge in [-0.05, 0) is 60.4 Å². The maximum absolute atomic E-state index is 13.0. The van der Waals surface area contributed by atoms with Crippen LogP contribution in [0.25, 0.3) is 22.1 Å². The van der Waals surface area contributed by atoms with E-state index in [1.54, 1.807) is 19.2 Å². The molecule has 0 saturated carbocycles. The van der Waals surface area contributed by atoms with Crippen molar-refractivity contribution in [3.63, 3.8) is 0 Å². The number of nitrogens with zero attached hydrogens (tertiary/aromatic N) is 1. The van der Waals surface area contributed by atoms with Gasteiger partial charge in [0.2, 0.25) is 0 Å². The zero-order valence-electron chi connectivity index (χ0n) is 18.6. The van der Waals surface area contributed by atoms with E-state index in [4.69, 9.17) is 25.5 Å². The average Bonchev–Trinajstić information content (AvgIpc) is 2.84. The number of rotatable bonds is 5. The van der Waals surface area contributed by atoms with Crippen molar-refractivity contribution in [2.24, 2.45) is 0 Å². The summed E-state index contributed by atoms with van der Waals surface area (Å²) in [5.41, 5.74) is 4.53. The smallest absolute Gasteiger partial charge is 0.344 e. The van der Waals surface area contributed by atoms with Crippen LogP contribution in [0.3, 0.4) is 0 Å². The van der Waals surface area contributed by atoms with Gasteiger partial charge in [-0.1, -0.05) is 41.9 Å². The van der Waals surface area contributed by atoms with E-state index in [1.165, 1.54) is 0 Å². The number of aryl methyl sites for hydroxylation is 1. The van der Waals surface area contributed by atoms with Crippen LogP contribution < -0.4 is 15.1 Å². The van der Waals surface area contributed by atoms with Gasteiger partial charge >= 0.3 is 5.63 Å². The molecule has 5 rings (SSSR count). The van der Waals surface area contributed by atoms with Crippen LogP contribution in [0.4, 0.5) is 0 Å². The van der Waals surface area contributed by atoms with E-state index in [1.807, 2.05) is 49.4 Å². The first-order valence-corrected chi connectivity index (χ1v) is 11.2. The van der Waals surface area contributed by atoms with Gasteiger partial charge in [0, 0.05) is 23.5 Å². The lowest BCUT2D eigenvalue weighted by Crippen LogP contribution is -2.33. The first-order chi connectivity index (χ1) is 16.0. The van der Waals surface area contributed by atoms with Crippen LogP contribution in [0.2, 0.25) is 5.02 Å². The van der Waals surface area contributed by atoms with Crippen LogP contribution in [-0.4, -0.2) is 25.3 Å². The fourth-order valence-corrected chi connectivity index (χ4v) is 4.58. The summed E-state index contributed by atoms with van der Waals surface area (Å²) in [6.45, 7) is 3.88. The van der Waals surface area contributed by atoms with Crippen LogP contribution in [0.1, 0.15) is 16.7 Å². The van der Waals surface area contributed by atoms with Gasteiger partial charge in [-0.3, -0.25) is 4.90 Å². The molecule has 0 amide bonds. The van der Waals surface area contributed by atoms with Gasteiger partial charge in [-0.15, -0.1) is 0 Å². The number of para-hydroxylation sites is 1. The maximum Gasteiger partial charge on any atom is 0.344 e. The number of hydrogen-bond acceptors (Lipinski definition) is 5. The third-order valence-electron chi connectivity index (χ3n) is 6.20. The molecule has 0 aliphatic carbocycles. The van der Waals surface area contributed by atoms with Crippen molar-refractivity contribution in [1.29, 1.82) is 0 Å². The quantitative estimate of drug-likeness (QED) is 0.350. The van der Waals surface area contributed by atoms with E-state index < -0.39 is 0 Å². The molecule has 0 bridgehead atoms. The van der Waals surface area contributed by atoms with E-state index >= 15 is 0 Å². The van der Waals surface area contributed by atoms with Gasteiger partial charge in [0.1, 0.15) is 23.8 Å². The predicted molar refractivity (Wildman–Crippen MR) is 130 cm³/mol. The molecule has 2 heterocycles. The summed E-state index contributed by atoms with van der Waals surface area (Å²) < 4.78 is 17.4. The number of hydrogen-bond donors (Lipinski definition) is 0. The van der Waals surface area contributed by atoms with Crippen molar-refractivity contribution in [2.75, 3.05) is 20.4 Å². The summed E-state index contributed by atoms with van der Waals surface area (Å²) >= 11 is 6.02. The summed E-state index contributed by atoms with van der Waals surface area (Å²) in [5, 5.41) is 1.54. The Morgan fingerprint density at radius 1 is 1.06 bits per heavy atom. The second-order valence-corrected chi connectivity index (χ2v) is 8.64. The molecule has 33 heavy (non-hydrogen) atoms. The molecule has 168 valence electrons. The summed E-state index contributed by atoms with van der Waals surface area (Å²) in [4.78, 5) is 15.2. The highest BCUT2D eigenvalue weighted by atomic mass is 35.5. The highest BCUT2D eigenvalue weighted by Gasteiger charge is 2.24. The SMILES string of the molecule is COc1ccccc1CCN1COc2ccc3c(C)c(-c4ccc(Cl)cc4)c(=O)oc3c2C1. The molecule has 0 N–H and O–H groups in total. The van der Waals surface area contributed by atoms with Gasteiger partial charge in [-0.25, -0.2) is 4.79 Å². The summed E-state index contributed by atoms with van der Waals surface area (Å²) in [5.74, 6) is 1.65. The van der Waals surface area contributed by atoms with Crippen molar-refractivity contribution in [3.05, 3.63) is 92.8 Å². The zero-order valence-corrected chi connectivity index (χ0v) is 19.3. The molecular formula is C27H24ClNO4. The number of methoxy groups -OCH3 is 1. The van der Waals surface area contributed by atoms with Crippen LogP contribution in [0.15, 0.2) is 69.9 Å². The van der Waals surface area contributed by atoms with Crippen molar-refractivity contribution >= 4 is 22.6 Å². The van der Waals surface area contributed by atoms with Gasteiger partial charge in [-0.2, -0.15) is 0 Å². The Morgan fingerprint density at radius 2 is 1.85 bits per heavy atom. The standard InChI is InChI=1S/C27H24ClNO4/c1-17-21-11-12-24-22(26(21)33-27(30)25(17)19-7-9-20(28)10-8-19)15-29(16-32-24)14-13-18-5-3-4-6-23(18)31-2/h3-12H,13-16H2,1-2H3. The lowest BCUT2D eigenvalue weighted by atomic mass is 9.97. The minimum absolute atomic E-state index is 0.359. The van der Waals surface area contributed by atoms with Crippen LogP contribution in [0.5, 0.6) is 11.5 Å². The Hall–Kier alpha value is -3.28. The van der Waals surface area contributed by atoms with Crippen molar-refractivity contribution in [2.45, 2.75) is 19.9 Å². The molecule has 0 saturated heterocycles. The molecule has 6 heteroatoms. The molecule has 3 aromatic carbocycles. The van der Waals surface area contributed by atoms with Gasteiger partial charge in [0.25, 0.3) is 0 Å². The van der Waals surface area contributed by atoms with Crippen LogP contribution in [-0.2, 0) is 13.0 Å². The molecule has 0 atom stereocenters. The molecular weight excluding hydrogens is 438 g/mol. The third kappa shape index (κ3) is 4.10. The van der Waals surface area contributed by atoms with Gasteiger partial charge in [0.05, 0.1) is 18.2 Å².